The summed E-state index contributed by atoms with van der Waals surface area (Å²) in [6, 6.07) is 8.03. The molecule has 0 saturated heterocycles. The number of alkyl halides is 3. The van der Waals surface area contributed by atoms with Crippen molar-refractivity contribution in [3.05, 3.63) is 51.9 Å². The lowest BCUT2D eigenvalue weighted by Gasteiger charge is -2.26. The Bertz CT molecular complexity index is 1300. The zero-order chi connectivity index (χ0) is 22.7. The maximum Gasteiger partial charge on any atom is 0.421 e. The van der Waals surface area contributed by atoms with Crippen LogP contribution in [-0.4, -0.2) is 26.0 Å². The lowest BCUT2D eigenvalue weighted by Crippen LogP contribution is -2.40. The van der Waals surface area contributed by atoms with Gasteiger partial charge >= 0.3 is 6.18 Å². The summed E-state index contributed by atoms with van der Waals surface area (Å²) in [4.78, 5) is 15.2. The number of fused-ring (bicyclic) bond motifs is 2. The summed E-state index contributed by atoms with van der Waals surface area (Å²) in [5, 5.41) is 27.4. The monoisotopic (exact) mass is 443 g/mol. The minimum Gasteiger partial charge on any atom is -0.376 e. The van der Waals surface area contributed by atoms with Crippen molar-refractivity contribution in [1.29, 1.82) is 5.26 Å². The molecule has 2 aliphatic rings. The largest absolute Gasteiger partial charge is 0.421 e. The molecule has 166 valence electrons. The molecular weight excluding hydrogens is 423 g/mol. The Morgan fingerprint density at radius 2 is 2.16 bits per heavy atom. The summed E-state index contributed by atoms with van der Waals surface area (Å²) in [5.41, 5.74) is -1.89. The fourth-order valence-electron chi connectivity index (χ4n) is 4.63. The van der Waals surface area contributed by atoms with Crippen molar-refractivity contribution < 1.29 is 18.3 Å². The Morgan fingerprint density at radius 1 is 1.38 bits per heavy atom. The summed E-state index contributed by atoms with van der Waals surface area (Å²) in [7, 11) is 0. The molecule has 2 atom stereocenters. The second-order valence-electron chi connectivity index (χ2n) is 8.48. The number of hydrogen-bond donors (Lipinski definition) is 3. The molecule has 10 heteroatoms. The number of anilines is 2. The van der Waals surface area contributed by atoms with Crippen molar-refractivity contribution in [2.24, 2.45) is 5.92 Å². The average Bonchev–Trinajstić information content (AvgIpc) is 3.44. The van der Waals surface area contributed by atoms with Crippen LogP contribution < -0.4 is 10.9 Å². The van der Waals surface area contributed by atoms with Gasteiger partial charge in [-0.2, -0.15) is 23.5 Å². The van der Waals surface area contributed by atoms with Crippen molar-refractivity contribution in [2.45, 2.75) is 49.9 Å². The van der Waals surface area contributed by atoms with E-state index in [-0.39, 0.29) is 35.8 Å². The number of aromatic nitrogens is 3. The number of rotatable bonds is 5. The SMILES string of the molecule is N#CC[C@@H](C1CC1)n1nc(Nc2ccc3c(c2)CC[C@]3(O)C(F)(F)F)c2c(=O)[nH]ccc21. The number of nitrogens with one attached hydrogen (secondary N) is 2. The molecule has 7 nitrogen and oxygen atoms in total. The molecule has 1 fully saturated rings. The predicted octanol–water partition coefficient (Wildman–Crippen LogP) is 4.03. The first kappa shape index (κ1) is 20.6. The summed E-state index contributed by atoms with van der Waals surface area (Å²) in [6.45, 7) is 0. The highest BCUT2D eigenvalue weighted by atomic mass is 19.4. The number of nitriles is 1. The van der Waals surface area contributed by atoms with Gasteiger partial charge in [0, 0.05) is 11.9 Å². The van der Waals surface area contributed by atoms with E-state index in [1.54, 1.807) is 16.8 Å². The van der Waals surface area contributed by atoms with E-state index in [0.717, 1.165) is 12.8 Å². The molecule has 3 aromatic rings. The molecule has 2 heterocycles. The summed E-state index contributed by atoms with van der Waals surface area (Å²) in [5.74, 6) is 0.597. The van der Waals surface area contributed by atoms with Crippen molar-refractivity contribution in [1.82, 2.24) is 14.8 Å². The van der Waals surface area contributed by atoms with Crippen LogP contribution in [0.5, 0.6) is 0 Å². The molecule has 0 aliphatic heterocycles. The molecule has 0 unspecified atom stereocenters. The smallest absolute Gasteiger partial charge is 0.376 e. The van der Waals surface area contributed by atoms with E-state index in [0.29, 0.717) is 28.1 Å². The third-order valence-electron chi connectivity index (χ3n) is 6.45. The summed E-state index contributed by atoms with van der Waals surface area (Å²) in [6.07, 6.45) is -1.32. The third-order valence-corrected chi connectivity index (χ3v) is 6.45. The number of hydrogen-bond acceptors (Lipinski definition) is 5. The van der Waals surface area contributed by atoms with Crippen LogP contribution in [0.3, 0.4) is 0 Å². The molecule has 32 heavy (non-hydrogen) atoms. The van der Waals surface area contributed by atoms with Gasteiger partial charge in [-0.1, -0.05) is 6.07 Å². The van der Waals surface area contributed by atoms with E-state index in [1.807, 2.05) is 0 Å². The van der Waals surface area contributed by atoms with Crippen LogP contribution in [0.4, 0.5) is 24.7 Å². The van der Waals surface area contributed by atoms with Crippen LogP contribution in [-0.2, 0) is 12.0 Å². The maximum atomic E-state index is 13.4. The Hall–Kier alpha value is -3.32. The van der Waals surface area contributed by atoms with E-state index < -0.39 is 18.2 Å². The van der Waals surface area contributed by atoms with Crippen molar-refractivity contribution in [3.63, 3.8) is 0 Å². The second kappa shape index (κ2) is 7.10. The highest BCUT2D eigenvalue weighted by Gasteiger charge is 2.57. The van der Waals surface area contributed by atoms with Crippen molar-refractivity contribution >= 4 is 22.4 Å². The van der Waals surface area contributed by atoms with Crippen LogP contribution in [0.2, 0.25) is 0 Å². The molecule has 1 saturated carbocycles. The third kappa shape index (κ3) is 3.15. The Kier molecular flexibility index (Phi) is 4.57. The molecule has 5 rings (SSSR count). The van der Waals surface area contributed by atoms with Gasteiger partial charge in [0.25, 0.3) is 5.56 Å². The second-order valence-corrected chi connectivity index (χ2v) is 8.48. The van der Waals surface area contributed by atoms with Crippen molar-refractivity contribution in [2.75, 3.05) is 5.32 Å². The number of aromatic amines is 1. The van der Waals surface area contributed by atoms with Crippen LogP contribution in [0.25, 0.3) is 10.9 Å². The van der Waals surface area contributed by atoms with Gasteiger partial charge in [-0.15, -0.1) is 0 Å². The minimum atomic E-state index is -4.76. The first-order valence-corrected chi connectivity index (χ1v) is 10.4. The maximum absolute atomic E-state index is 13.4. The molecule has 2 aromatic heterocycles. The molecule has 1 aromatic carbocycles. The number of H-pyrrole nitrogens is 1. The van der Waals surface area contributed by atoms with Gasteiger partial charge in [-0.3, -0.25) is 9.48 Å². The topological polar surface area (TPSA) is 107 Å². The van der Waals surface area contributed by atoms with Gasteiger partial charge in [0.15, 0.2) is 11.4 Å². The van der Waals surface area contributed by atoms with Crippen LogP contribution in [0, 0.1) is 17.2 Å². The predicted molar refractivity (Wildman–Crippen MR) is 110 cm³/mol. The highest BCUT2D eigenvalue weighted by Crippen LogP contribution is 2.48. The Balaban J connectivity index is 1.55. The molecule has 0 spiro atoms. The number of benzene rings is 1. The quantitative estimate of drug-likeness (QED) is 0.552. The first-order chi connectivity index (χ1) is 15.2. The van der Waals surface area contributed by atoms with Gasteiger partial charge in [0.1, 0.15) is 5.39 Å². The number of pyridine rings is 1. The lowest BCUT2D eigenvalue weighted by atomic mass is 9.95. The summed E-state index contributed by atoms with van der Waals surface area (Å²) >= 11 is 0. The van der Waals surface area contributed by atoms with Crippen LogP contribution in [0.1, 0.15) is 42.9 Å². The molecular formula is C22H20F3N5O2. The van der Waals surface area contributed by atoms with Gasteiger partial charge in [-0.05, 0) is 60.9 Å². The highest BCUT2D eigenvalue weighted by molar-refractivity contribution is 5.91. The van der Waals surface area contributed by atoms with Crippen LogP contribution in [0.15, 0.2) is 35.3 Å². The Labute approximate surface area is 180 Å². The number of aryl methyl sites for hydroxylation is 1. The van der Waals surface area contributed by atoms with Gasteiger partial charge in [0.05, 0.1) is 24.0 Å². The van der Waals surface area contributed by atoms with E-state index in [1.165, 1.54) is 18.3 Å². The Morgan fingerprint density at radius 3 is 2.84 bits per heavy atom. The number of halogens is 3. The van der Waals surface area contributed by atoms with E-state index in [9.17, 15) is 28.3 Å². The fraction of sp³-hybridized carbons (Fsp3) is 0.409. The molecule has 0 bridgehead atoms. The van der Waals surface area contributed by atoms with Gasteiger partial charge in [-0.25, -0.2) is 0 Å². The van der Waals surface area contributed by atoms with Gasteiger partial charge < -0.3 is 15.4 Å². The normalized spacial score (nSPS) is 21.3. The summed E-state index contributed by atoms with van der Waals surface area (Å²) < 4.78 is 41.8. The van der Waals surface area contributed by atoms with E-state index in [4.69, 9.17) is 0 Å². The zero-order valence-electron chi connectivity index (χ0n) is 16.9. The number of nitrogens with zero attached hydrogens (tertiary/aromatic N) is 3. The van der Waals surface area contributed by atoms with Crippen molar-refractivity contribution in [3.8, 4) is 6.07 Å². The number of aliphatic hydroxyl groups is 1. The lowest BCUT2D eigenvalue weighted by molar-refractivity contribution is -0.265. The fourth-order valence-corrected chi connectivity index (χ4v) is 4.63. The molecule has 3 N–H and O–H groups in total. The van der Waals surface area contributed by atoms with Gasteiger partial charge in [0.2, 0.25) is 0 Å². The first-order valence-electron chi connectivity index (χ1n) is 10.4. The zero-order valence-corrected chi connectivity index (χ0v) is 16.9. The average molecular weight is 443 g/mol. The molecule has 0 radical (unpaired) electrons. The van der Waals surface area contributed by atoms with Crippen LogP contribution >= 0.6 is 0 Å². The minimum absolute atomic E-state index is 0.0859. The standard InChI is InChI=1S/C22H20F3N5O2/c23-22(24,25)21(32)8-5-13-11-14(3-4-15(13)21)28-19-18-17(7-10-27-20(18)31)30(29-19)16(6-9-26)12-1-2-12/h3-4,7,10-12,16,32H,1-2,5-6,8H2,(H,27,31)(H,28,29)/t16-,21+/m0/s1. The van der Waals surface area contributed by atoms with E-state index >= 15 is 0 Å². The van der Waals surface area contributed by atoms with E-state index in [2.05, 4.69) is 21.5 Å². The molecule has 0 amide bonds. The molecule has 2 aliphatic carbocycles.